The Morgan fingerprint density at radius 1 is 0.163 bits per heavy atom. The molecular formula is C40H122O20Si20. The van der Waals surface area contributed by atoms with Crippen molar-refractivity contribution in [1.82, 2.24) is 0 Å². The average Bonchev–Trinajstić information content (AvgIpc) is 2.91. The van der Waals surface area contributed by atoms with Gasteiger partial charge in [-0.25, -0.2) is 0 Å². The van der Waals surface area contributed by atoms with Crippen molar-refractivity contribution in [2.75, 3.05) is 0 Å². The van der Waals surface area contributed by atoms with Gasteiger partial charge in [0.15, 0.2) is 9.04 Å². The molecule has 0 unspecified atom stereocenters. The fourth-order valence-electron chi connectivity index (χ4n) is 11.6. The third-order valence-corrected chi connectivity index (χ3v) is 84.3. The van der Waals surface area contributed by atoms with Crippen LogP contribution in [0.4, 0.5) is 0 Å². The van der Waals surface area contributed by atoms with Crippen molar-refractivity contribution < 1.29 is 83.0 Å². The second kappa shape index (κ2) is 28.2. The predicted molar refractivity (Wildman–Crippen MR) is 374 cm³/mol. The van der Waals surface area contributed by atoms with Crippen molar-refractivity contribution in [2.24, 2.45) is 0 Å². The van der Waals surface area contributed by atoms with Gasteiger partial charge in [0.1, 0.15) is 0 Å². The van der Waals surface area contributed by atoms with Crippen LogP contribution >= 0.6 is 0 Å². The van der Waals surface area contributed by atoms with Crippen molar-refractivity contribution in [3.05, 3.63) is 0 Å². The molecule has 0 aliphatic rings. The van der Waals surface area contributed by atoms with Crippen LogP contribution in [0.15, 0.2) is 0 Å². The molecule has 0 amide bonds. The summed E-state index contributed by atoms with van der Waals surface area (Å²) >= 11 is 0. The van der Waals surface area contributed by atoms with E-state index in [4.69, 9.17) is 78.2 Å². The highest BCUT2D eigenvalue weighted by Crippen LogP contribution is 2.34. The quantitative estimate of drug-likeness (QED) is 0.0573. The van der Waals surface area contributed by atoms with Crippen LogP contribution in [-0.2, 0) is 78.2 Å². The van der Waals surface area contributed by atoms with Gasteiger partial charge in [-0.3, -0.25) is 0 Å². The fourth-order valence-corrected chi connectivity index (χ4v) is 111. The number of hydrogen-bond acceptors (Lipinski definition) is 20. The van der Waals surface area contributed by atoms with Crippen LogP contribution in [0.3, 0.4) is 0 Å². The molecule has 0 atom stereocenters. The molecule has 0 saturated heterocycles. The number of rotatable bonds is 38. The predicted octanol–water partition coefficient (Wildman–Crippen LogP) is 13.6. The third kappa shape index (κ3) is 38.9. The summed E-state index contributed by atoms with van der Waals surface area (Å²) in [6.07, 6.45) is 0. The maximum atomic E-state index is 10.4. The second-order valence-corrected chi connectivity index (χ2v) is 101. The van der Waals surface area contributed by atoms with Crippen molar-refractivity contribution in [2.45, 2.75) is 262 Å². The van der Waals surface area contributed by atoms with Crippen LogP contribution in [0.1, 0.15) is 0 Å². The Kier molecular flexibility index (Phi) is 29.4. The van der Waals surface area contributed by atoms with E-state index in [0.29, 0.717) is 0 Å². The lowest BCUT2D eigenvalue weighted by Crippen LogP contribution is -2.63. The first-order valence-electron chi connectivity index (χ1n) is 28.2. The molecule has 40 heteroatoms. The van der Waals surface area contributed by atoms with Gasteiger partial charge >= 0.3 is 163 Å². The molecule has 0 aromatic heterocycles. The molecule has 0 heterocycles. The standard InChI is InChI=1S/C40H122O20Si20/c1-61(2)42-63(5,6)44-65(9,10)46-67(13,14)48-69(17,18)50-71(21,22)52-73(25,26)54-75(29,30)56-77(33,34)58-79(37,38)60-80(39,40)59-78(35,36)57-76(31,32)55-74(27,28)53-72(23,24)51-70(19,20)49-68(15,16)47-66(11,12)45-64(7,8)43-62(3,4)41/h41,61H,1-40H3. The minimum Gasteiger partial charge on any atom is -0.440 e. The minimum atomic E-state index is -2.86. The van der Waals surface area contributed by atoms with Crippen LogP contribution in [0.25, 0.3) is 0 Å². The normalized spacial score (nSPS) is 16.1. The van der Waals surface area contributed by atoms with E-state index < -0.39 is 172 Å². The summed E-state index contributed by atoms with van der Waals surface area (Å²) in [6, 6.07) is 0. The summed E-state index contributed by atoms with van der Waals surface area (Å²) in [4.78, 5) is 10.4. The highest BCUT2D eigenvalue weighted by atomic mass is 28.6. The van der Waals surface area contributed by atoms with Crippen LogP contribution in [0.2, 0.25) is 262 Å². The second-order valence-electron chi connectivity index (χ2n) is 29.6. The van der Waals surface area contributed by atoms with Gasteiger partial charge in [-0.15, -0.1) is 0 Å². The molecule has 20 nitrogen and oxygen atoms in total. The molecular weight excluding hydrogens is 1360 g/mol. The van der Waals surface area contributed by atoms with Crippen LogP contribution in [0, 0.1) is 0 Å². The largest absolute Gasteiger partial charge is 0.440 e. The average molecular weight is 1490 g/mol. The van der Waals surface area contributed by atoms with Gasteiger partial charge in [-0.1, -0.05) is 0 Å². The minimum absolute atomic E-state index is 1.27. The molecule has 1 N–H and O–H groups in total. The summed E-state index contributed by atoms with van der Waals surface area (Å²) in [7, 11) is -53.8. The van der Waals surface area contributed by atoms with Crippen molar-refractivity contribution in [3.8, 4) is 0 Å². The Labute approximate surface area is 512 Å². The molecule has 0 bridgehead atoms. The van der Waals surface area contributed by atoms with Crippen molar-refractivity contribution in [3.63, 3.8) is 0 Å². The van der Waals surface area contributed by atoms with Gasteiger partial charge < -0.3 is 83.0 Å². The van der Waals surface area contributed by atoms with E-state index in [1.165, 1.54) is 0 Å². The molecule has 80 heavy (non-hydrogen) atoms. The first-order valence-corrected chi connectivity index (χ1v) is 84.5. The van der Waals surface area contributed by atoms with Gasteiger partial charge in [-0.2, -0.15) is 0 Å². The Bertz CT molecular complexity index is 1960. The van der Waals surface area contributed by atoms with E-state index in [1.54, 1.807) is 13.1 Å². The van der Waals surface area contributed by atoms with E-state index in [1.807, 2.05) is 118 Å². The monoisotopic (exact) mass is 1480 g/mol. The van der Waals surface area contributed by atoms with Gasteiger partial charge in [0.2, 0.25) is 0 Å². The zero-order valence-corrected chi connectivity index (χ0v) is 78.4. The molecule has 0 aliphatic heterocycles. The van der Waals surface area contributed by atoms with Crippen LogP contribution < -0.4 is 0 Å². The first kappa shape index (κ1) is 83.5. The maximum Gasteiger partial charge on any atom is 0.320 e. The third-order valence-electron chi connectivity index (χ3n) is 9.37. The summed E-state index contributed by atoms with van der Waals surface area (Å²) in [5.74, 6) is 0. The number of hydrogen-bond donors (Lipinski definition) is 1. The van der Waals surface area contributed by atoms with E-state index in [9.17, 15) is 4.80 Å². The summed E-state index contributed by atoms with van der Waals surface area (Å²) in [6.45, 7) is 81.4. The summed E-state index contributed by atoms with van der Waals surface area (Å²) in [5, 5.41) is 0. The first-order chi connectivity index (χ1) is 34.1. The highest BCUT2D eigenvalue weighted by molar-refractivity contribution is 6.96. The van der Waals surface area contributed by atoms with Gasteiger partial charge in [0.05, 0.1) is 0 Å². The van der Waals surface area contributed by atoms with Crippen molar-refractivity contribution in [1.29, 1.82) is 0 Å². The van der Waals surface area contributed by atoms with E-state index in [0.717, 1.165) is 0 Å². The molecule has 0 saturated carbocycles. The zero-order chi connectivity index (χ0) is 64.5. The van der Waals surface area contributed by atoms with Gasteiger partial charge in [0, 0.05) is 0 Å². The smallest absolute Gasteiger partial charge is 0.320 e. The van der Waals surface area contributed by atoms with Gasteiger partial charge in [0.25, 0.3) is 0 Å². The van der Waals surface area contributed by atoms with E-state index in [2.05, 4.69) is 131 Å². The van der Waals surface area contributed by atoms with Crippen LogP contribution in [0.5, 0.6) is 0 Å². The molecule has 0 fully saturated rings. The summed E-state index contributed by atoms with van der Waals surface area (Å²) in [5.41, 5.74) is 0. The van der Waals surface area contributed by atoms with E-state index in [-0.39, 0.29) is 0 Å². The molecule has 482 valence electrons. The molecule has 0 radical (unpaired) electrons. The maximum absolute atomic E-state index is 10.4. The molecule has 0 aliphatic carbocycles. The van der Waals surface area contributed by atoms with Gasteiger partial charge in [-0.05, 0) is 262 Å². The van der Waals surface area contributed by atoms with Crippen molar-refractivity contribution >= 4 is 172 Å². The lowest BCUT2D eigenvalue weighted by molar-refractivity contribution is 0.250. The SMILES string of the molecule is C[SiH](C)O[Si](C)(C)O[Si](C)(C)O[Si](C)(C)O[Si](C)(C)O[Si](C)(C)O[Si](C)(C)O[Si](C)(C)O[Si](C)(C)O[Si](C)(C)O[Si](C)(C)O[Si](C)(C)O[Si](C)(C)O[Si](C)(C)O[Si](C)(C)O[Si](C)(C)O[Si](C)(C)O[Si](C)(C)O[Si](C)(C)O[Si](C)(C)O. The Balaban J connectivity index is 5.81. The molecule has 0 aromatic carbocycles. The molecule has 0 aromatic rings. The molecule has 0 spiro atoms. The highest BCUT2D eigenvalue weighted by Gasteiger charge is 2.54. The Morgan fingerprint density at radius 2 is 0.250 bits per heavy atom. The van der Waals surface area contributed by atoms with Crippen LogP contribution in [-0.4, -0.2) is 176 Å². The summed E-state index contributed by atoms with van der Waals surface area (Å²) < 4.78 is 128. The lowest BCUT2D eigenvalue weighted by Gasteiger charge is -2.45. The lowest BCUT2D eigenvalue weighted by atomic mass is 11.9. The van der Waals surface area contributed by atoms with E-state index >= 15 is 0 Å². The molecule has 0 rings (SSSR count). The zero-order valence-electron chi connectivity index (χ0n) is 58.3. The topological polar surface area (TPSA) is 196 Å². The Morgan fingerprint density at radius 3 is 0.338 bits per heavy atom. The Hall–Kier alpha value is 3.54. The fraction of sp³-hybridized carbons (Fsp3) is 1.00.